The van der Waals surface area contributed by atoms with Gasteiger partial charge in [-0.1, -0.05) is 59.2 Å². The molecule has 3 aromatic rings. The van der Waals surface area contributed by atoms with Crippen molar-refractivity contribution < 1.29 is 32.1 Å². The van der Waals surface area contributed by atoms with Gasteiger partial charge in [-0.2, -0.15) is 13.2 Å². The number of carbonyl (C=O) groups excluding carboxylic acids is 3. The second-order valence-electron chi connectivity index (χ2n) is 9.16. The van der Waals surface area contributed by atoms with E-state index in [0.29, 0.717) is 27.4 Å². The molecule has 4 rings (SSSR count). The van der Waals surface area contributed by atoms with Gasteiger partial charge in [0.1, 0.15) is 6.26 Å². The Balaban J connectivity index is 1.74. The van der Waals surface area contributed by atoms with Crippen molar-refractivity contribution in [3.05, 3.63) is 87.8 Å². The molecule has 0 saturated heterocycles. The minimum atomic E-state index is -4.61. The van der Waals surface area contributed by atoms with E-state index in [-0.39, 0.29) is 17.7 Å². The second-order valence-corrected chi connectivity index (χ2v) is 9.57. The van der Waals surface area contributed by atoms with Gasteiger partial charge < -0.3 is 15.6 Å². The molecule has 1 aliphatic heterocycles. The quantitative estimate of drug-likeness (QED) is 0.425. The van der Waals surface area contributed by atoms with Crippen LogP contribution in [0.1, 0.15) is 46.7 Å². The van der Waals surface area contributed by atoms with Crippen LogP contribution in [0.15, 0.2) is 64.3 Å². The maximum Gasteiger partial charge on any atom is 0.389 e. The number of nitrogens with zero attached hydrogens (tertiary/aromatic N) is 2. The van der Waals surface area contributed by atoms with E-state index in [2.05, 4.69) is 15.5 Å². The molecule has 1 aliphatic rings. The summed E-state index contributed by atoms with van der Waals surface area (Å²) in [5.74, 6) is -5.63. The van der Waals surface area contributed by atoms with Gasteiger partial charge in [0.25, 0.3) is 0 Å². The van der Waals surface area contributed by atoms with Gasteiger partial charge in [0, 0.05) is 34.6 Å². The number of rotatable bonds is 8. The van der Waals surface area contributed by atoms with Gasteiger partial charge in [-0.25, -0.2) is 0 Å². The maximum absolute atomic E-state index is 13.5. The van der Waals surface area contributed by atoms with Crippen LogP contribution in [0.5, 0.6) is 0 Å². The molecule has 0 fully saturated rings. The van der Waals surface area contributed by atoms with Gasteiger partial charge >= 0.3 is 6.18 Å². The first-order valence-corrected chi connectivity index (χ1v) is 12.3. The fourth-order valence-electron chi connectivity index (χ4n) is 4.62. The largest absolute Gasteiger partial charge is 0.389 e. The third-order valence-electron chi connectivity index (χ3n) is 6.52. The van der Waals surface area contributed by atoms with E-state index >= 15 is 0 Å². The van der Waals surface area contributed by atoms with Gasteiger partial charge in [0.05, 0.1) is 23.2 Å². The number of hydrogen-bond donors (Lipinski definition) is 2. The molecule has 3 N–H and O–H groups in total. The van der Waals surface area contributed by atoms with Crippen LogP contribution in [0.3, 0.4) is 0 Å². The van der Waals surface area contributed by atoms with Crippen molar-refractivity contribution in [2.75, 3.05) is 0 Å². The number of alkyl halides is 3. The van der Waals surface area contributed by atoms with Crippen LogP contribution < -0.4 is 11.1 Å². The Morgan fingerprint density at radius 1 is 1.18 bits per heavy atom. The van der Waals surface area contributed by atoms with Gasteiger partial charge in [0.15, 0.2) is 11.9 Å². The van der Waals surface area contributed by atoms with Crippen LogP contribution >= 0.6 is 11.6 Å². The first kappa shape index (κ1) is 28.0. The highest BCUT2D eigenvalue weighted by molar-refractivity contribution is 6.32. The molecule has 8 nitrogen and oxygen atoms in total. The number of nitrogens with two attached hydrogens (primary N) is 1. The SMILES string of the molecule is Cc1nocc1[C@H](C(N)=O)[C@@H](CCC(F)(F)F)C(=O)N[C@H]1N=C(c2ccccc2)c2cccc(Cl)c2CC1=O. The van der Waals surface area contributed by atoms with Crippen LogP contribution in [-0.4, -0.2) is 40.8 Å². The summed E-state index contributed by atoms with van der Waals surface area (Å²) >= 11 is 6.40. The zero-order valence-electron chi connectivity index (χ0n) is 20.7. The fraction of sp³-hybridized carbons (Fsp3) is 0.296. The molecule has 2 heterocycles. The number of Topliss-reactive ketones (excluding diaryl/α,β-unsaturated/α-hetero) is 1. The van der Waals surface area contributed by atoms with E-state index in [1.165, 1.54) is 6.92 Å². The molecule has 0 saturated carbocycles. The predicted octanol–water partition coefficient (Wildman–Crippen LogP) is 4.27. The Morgan fingerprint density at radius 3 is 2.51 bits per heavy atom. The predicted molar refractivity (Wildman–Crippen MR) is 136 cm³/mol. The third-order valence-corrected chi connectivity index (χ3v) is 6.88. The molecule has 0 spiro atoms. The monoisotopic (exact) mass is 560 g/mol. The van der Waals surface area contributed by atoms with E-state index in [1.807, 2.05) is 0 Å². The molecule has 0 radical (unpaired) electrons. The number of ketones is 1. The summed E-state index contributed by atoms with van der Waals surface area (Å²) in [7, 11) is 0. The number of aryl methyl sites for hydroxylation is 1. The summed E-state index contributed by atoms with van der Waals surface area (Å²) in [5, 5.41) is 6.46. The molecule has 0 aliphatic carbocycles. The summed E-state index contributed by atoms with van der Waals surface area (Å²) in [4.78, 5) is 43.8. The number of carbonyl (C=O) groups is 3. The van der Waals surface area contributed by atoms with E-state index in [0.717, 1.165) is 6.26 Å². The summed E-state index contributed by atoms with van der Waals surface area (Å²) in [6, 6.07) is 13.9. The van der Waals surface area contributed by atoms with Crippen LogP contribution in [0.2, 0.25) is 5.02 Å². The average Bonchev–Trinajstić information content (AvgIpc) is 3.23. The number of aliphatic imine (C=N–C) groups is 1. The Morgan fingerprint density at radius 2 is 1.90 bits per heavy atom. The van der Waals surface area contributed by atoms with E-state index in [9.17, 15) is 27.6 Å². The Kier molecular flexibility index (Phi) is 8.19. The Hall–Kier alpha value is -3.99. The van der Waals surface area contributed by atoms with Gasteiger partial charge in [-0.05, 0) is 25.0 Å². The molecule has 12 heteroatoms. The van der Waals surface area contributed by atoms with Crippen LogP contribution in [0.25, 0.3) is 0 Å². The molecule has 204 valence electrons. The molecule has 39 heavy (non-hydrogen) atoms. The molecular formula is C27H24ClF3N4O4. The fourth-order valence-corrected chi connectivity index (χ4v) is 4.86. The lowest BCUT2D eigenvalue weighted by Crippen LogP contribution is -2.46. The number of amides is 2. The first-order valence-electron chi connectivity index (χ1n) is 12.0. The van der Waals surface area contributed by atoms with Crippen molar-refractivity contribution in [2.45, 2.75) is 44.4 Å². The third kappa shape index (κ3) is 6.36. The second kappa shape index (κ2) is 11.4. The lowest BCUT2D eigenvalue weighted by atomic mass is 9.82. The van der Waals surface area contributed by atoms with Gasteiger partial charge in [-0.3, -0.25) is 19.4 Å². The number of benzene rings is 2. The molecule has 2 amide bonds. The lowest BCUT2D eigenvalue weighted by molar-refractivity contribution is -0.144. The Labute approximate surface area is 226 Å². The summed E-state index contributed by atoms with van der Waals surface area (Å²) in [6.45, 7) is 1.47. The zero-order chi connectivity index (χ0) is 28.3. The first-order chi connectivity index (χ1) is 18.5. The lowest BCUT2D eigenvalue weighted by Gasteiger charge is -2.25. The van der Waals surface area contributed by atoms with Gasteiger partial charge in [-0.15, -0.1) is 0 Å². The van der Waals surface area contributed by atoms with Crippen molar-refractivity contribution in [1.82, 2.24) is 10.5 Å². The van der Waals surface area contributed by atoms with E-state index in [4.69, 9.17) is 21.9 Å². The molecular weight excluding hydrogens is 537 g/mol. The average molecular weight is 561 g/mol. The van der Waals surface area contributed by atoms with Crippen LogP contribution in [0, 0.1) is 12.8 Å². The van der Waals surface area contributed by atoms with Crippen LogP contribution in [0.4, 0.5) is 13.2 Å². The van der Waals surface area contributed by atoms with E-state index in [1.54, 1.807) is 48.5 Å². The highest BCUT2D eigenvalue weighted by Gasteiger charge is 2.40. The highest BCUT2D eigenvalue weighted by Crippen LogP contribution is 2.34. The zero-order valence-corrected chi connectivity index (χ0v) is 21.4. The molecule has 1 aromatic heterocycles. The minimum Gasteiger partial charge on any atom is -0.369 e. The van der Waals surface area contributed by atoms with Gasteiger partial charge in [0.2, 0.25) is 11.8 Å². The smallest absolute Gasteiger partial charge is 0.369 e. The number of primary amides is 1. The number of halogens is 4. The molecule has 2 aromatic carbocycles. The number of hydrogen-bond acceptors (Lipinski definition) is 6. The van der Waals surface area contributed by atoms with E-state index < -0.39 is 54.6 Å². The molecule has 0 unspecified atom stereocenters. The Bertz CT molecular complexity index is 1420. The number of fused-ring (bicyclic) bond motifs is 1. The van der Waals surface area contributed by atoms with Crippen LogP contribution in [-0.2, 0) is 20.8 Å². The minimum absolute atomic E-state index is 0.0877. The maximum atomic E-state index is 13.5. The summed E-state index contributed by atoms with van der Waals surface area (Å²) < 4.78 is 44.4. The topological polar surface area (TPSA) is 128 Å². The normalized spacial score (nSPS) is 17.0. The summed E-state index contributed by atoms with van der Waals surface area (Å²) in [5.41, 5.74) is 7.94. The summed E-state index contributed by atoms with van der Waals surface area (Å²) in [6.07, 6.45) is -7.31. The molecule has 0 bridgehead atoms. The van der Waals surface area contributed by atoms with Crippen molar-refractivity contribution in [3.63, 3.8) is 0 Å². The van der Waals surface area contributed by atoms with Crippen molar-refractivity contribution in [3.8, 4) is 0 Å². The number of aromatic nitrogens is 1. The van der Waals surface area contributed by atoms with Crippen molar-refractivity contribution in [1.29, 1.82) is 0 Å². The van der Waals surface area contributed by atoms with Crippen molar-refractivity contribution in [2.24, 2.45) is 16.6 Å². The number of nitrogens with one attached hydrogen (secondary N) is 1. The molecule has 3 atom stereocenters. The highest BCUT2D eigenvalue weighted by atomic mass is 35.5. The standard InChI is InChI=1S/C27H24ClF3N4O4/c1-14-19(13-39-35-14)22(24(32)37)17(10-11-27(29,30)31)26(38)34-25-21(36)12-18-16(8-5-9-20(18)28)23(33-25)15-6-3-2-4-7-15/h2-9,13,17,22,25H,10-12H2,1H3,(H2,32,37)(H,34,38)/t17-,22-,25-/m1/s1. The van der Waals surface area contributed by atoms with Crippen molar-refractivity contribution >= 4 is 34.9 Å².